The maximum atomic E-state index is 13.7. The fourth-order valence-corrected chi connectivity index (χ4v) is 2.62. The number of anilines is 3. The van der Waals surface area contributed by atoms with Gasteiger partial charge in [0.05, 0.1) is 33.8 Å². The van der Waals surface area contributed by atoms with Gasteiger partial charge in [0.15, 0.2) is 0 Å². The van der Waals surface area contributed by atoms with Gasteiger partial charge in [-0.15, -0.1) is 0 Å². The number of carbonyl (C=O) groups excluding carboxylic acids is 1. The van der Waals surface area contributed by atoms with Gasteiger partial charge in [-0.25, -0.2) is 8.78 Å². The quantitative estimate of drug-likeness (QED) is 0.600. The lowest BCUT2D eigenvalue weighted by molar-refractivity contribution is 0.102. The van der Waals surface area contributed by atoms with E-state index >= 15 is 0 Å². The number of aromatic nitrogens is 1. The lowest BCUT2D eigenvalue weighted by Crippen LogP contribution is -2.13. The summed E-state index contributed by atoms with van der Waals surface area (Å²) >= 11 is 12.0. The van der Waals surface area contributed by atoms with Crippen LogP contribution in [0.5, 0.6) is 0 Å². The molecule has 0 aliphatic carbocycles. The minimum atomic E-state index is -0.867. The maximum absolute atomic E-state index is 13.7. The molecule has 2 N–H and O–H groups in total. The summed E-state index contributed by atoms with van der Waals surface area (Å²) in [5, 5.41) is 6.29. The predicted molar refractivity (Wildman–Crippen MR) is 98.3 cm³/mol. The smallest absolute Gasteiger partial charge is 0.257 e. The molecule has 0 spiro atoms. The molecular weight excluding hydrogens is 383 g/mol. The number of halogens is 4. The van der Waals surface area contributed by atoms with E-state index in [1.54, 1.807) is 18.2 Å². The lowest BCUT2D eigenvalue weighted by Gasteiger charge is -2.10. The van der Waals surface area contributed by atoms with Crippen molar-refractivity contribution in [3.05, 3.63) is 82.1 Å². The van der Waals surface area contributed by atoms with Gasteiger partial charge in [0.2, 0.25) is 0 Å². The van der Waals surface area contributed by atoms with Crippen molar-refractivity contribution in [2.45, 2.75) is 0 Å². The number of pyridine rings is 1. The van der Waals surface area contributed by atoms with E-state index in [0.29, 0.717) is 27.5 Å². The van der Waals surface area contributed by atoms with Crippen LogP contribution >= 0.6 is 23.2 Å². The highest BCUT2D eigenvalue weighted by Crippen LogP contribution is 2.28. The molecule has 0 radical (unpaired) electrons. The van der Waals surface area contributed by atoms with Crippen LogP contribution in [-0.4, -0.2) is 10.9 Å². The van der Waals surface area contributed by atoms with E-state index < -0.39 is 17.5 Å². The molecule has 0 atom stereocenters. The molecule has 4 nitrogen and oxygen atoms in total. The third kappa shape index (κ3) is 4.28. The summed E-state index contributed by atoms with van der Waals surface area (Å²) in [5.74, 6) is -2.18. The fourth-order valence-electron chi connectivity index (χ4n) is 2.16. The minimum Gasteiger partial charge on any atom is -0.353 e. The Morgan fingerprint density at radius 2 is 1.73 bits per heavy atom. The Balaban J connectivity index is 1.79. The number of amides is 1. The van der Waals surface area contributed by atoms with Gasteiger partial charge in [0.1, 0.15) is 11.6 Å². The van der Waals surface area contributed by atoms with Crippen LogP contribution in [0.25, 0.3) is 0 Å². The Morgan fingerprint density at radius 3 is 2.46 bits per heavy atom. The van der Waals surface area contributed by atoms with Crippen molar-refractivity contribution >= 4 is 46.2 Å². The van der Waals surface area contributed by atoms with Gasteiger partial charge in [-0.1, -0.05) is 23.2 Å². The summed E-state index contributed by atoms with van der Waals surface area (Å²) in [7, 11) is 0. The number of benzene rings is 2. The zero-order chi connectivity index (χ0) is 18.7. The first-order valence-electron chi connectivity index (χ1n) is 7.36. The van der Waals surface area contributed by atoms with Crippen LogP contribution in [0.3, 0.4) is 0 Å². The molecule has 26 heavy (non-hydrogen) atoms. The second kappa shape index (κ2) is 7.68. The average Bonchev–Trinajstić information content (AvgIpc) is 2.60. The van der Waals surface area contributed by atoms with E-state index in [0.717, 1.165) is 12.1 Å². The molecule has 1 amide bonds. The largest absolute Gasteiger partial charge is 0.353 e. The number of hydrogen-bond acceptors (Lipinski definition) is 3. The van der Waals surface area contributed by atoms with Crippen molar-refractivity contribution in [1.29, 1.82) is 0 Å². The SMILES string of the molecule is O=C(Nc1ccc(F)cc1F)c1cncc(Nc2ccc(Cl)cc2Cl)c1. The summed E-state index contributed by atoms with van der Waals surface area (Å²) < 4.78 is 26.6. The lowest BCUT2D eigenvalue weighted by atomic mass is 10.2. The first kappa shape index (κ1) is 18.1. The van der Waals surface area contributed by atoms with Crippen LogP contribution in [0.1, 0.15) is 10.4 Å². The minimum absolute atomic E-state index is 0.129. The zero-order valence-corrected chi connectivity index (χ0v) is 14.6. The molecule has 0 saturated carbocycles. The molecule has 0 bridgehead atoms. The van der Waals surface area contributed by atoms with Crippen molar-refractivity contribution in [3.63, 3.8) is 0 Å². The number of nitrogens with one attached hydrogen (secondary N) is 2. The summed E-state index contributed by atoms with van der Waals surface area (Å²) in [5.41, 5.74) is 1.14. The normalized spacial score (nSPS) is 10.5. The average molecular weight is 394 g/mol. The summed E-state index contributed by atoms with van der Waals surface area (Å²) in [6.07, 6.45) is 2.83. The standard InChI is InChI=1S/C18H11Cl2F2N3O/c19-11-1-3-16(14(20)6-11)24-13-5-10(8-23-9-13)18(26)25-17-4-2-12(21)7-15(17)22/h1-9,24H,(H,25,26). The van der Waals surface area contributed by atoms with Gasteiger partial charge >= 0.3 is 0 Å². The summed E-state index contributed by atoms with van der Waals surface area (Å²) in [6, 6.07) is 9.33. The Kier molecular flexibility index (Phi) is 5.35. The molecule has 3 rings (SSSR count). The maximum Gasteiger partial charge on any atom is 0.257 e. The molecule has 0 unspecified atom stereocenters. The third-order valence-corrected chi connectivity index (χ3v) is 3.94. The van der Waals surface area contributed by atoms with Crippen molar-refractivity contribution < 1.29 is 13.6 Å². The van der Waals surface area contributed by atoms with Gasteiger partial charge in [0.25, 0.3) is 5.91 Å². The van der Waals surface area contributed by atoms with Crippen LogP contribution in [-0.2, 0) is 0 Å². The molecule has 0 fully saturated rings. The van der Waals surface area contributed by atoms with Crippen molar-refractivity contribution in [2.75, 3.05) is 10.6 Å². The van der Waals surface area contributed by atoms with E-state index in [-0.39, 0.29) is 11.3 Å². The third-order valence-electron chi connectivity index (χ3n) is 3.39. The molecule has 1 aromatic heterocycles. The summed E-state index contributed by atoms with van der Waals surface area (Å²) in [4.78, 5) is 16.3. The second-order valence-electron chi connectivity index (χ2n) is 5.29. The molecule has 132 valence electrons. The molecule has 1 heterocycles. The molecule has 0 aliphatic rings. The first-order chi connectivity index (χ1) is 12.4. The molecule has 0 aliphatic heterocycles. The molecule has 2 aromatic carbocycles. The first-order valence-corrected chi connectivity index (χ1v) is 8.11. The topological polar surface area (TPSA) is 54.0 Å². The van der Waals surface area contributed by atoms with Gasteiger partial charge in [-0.05, 0) is 36.4 Å². The van der Waals surface area contributed by atoms with Crippen molar-refractivity contribution in [1.82, 2.24) is 4.98 Å². The van der Waals surface area contributed by atoms with Gasteiger partial charge < -0.3 is 10.6 Å². The molecule has 8 heteroatoms. The Morgan fingerprint density at radius 1 is 0.962 bits per heavy atom. The van der Waals surface area contributed by atoms with Gasteiger partial charge in [0, 0.05) is 17.3 Å². The van der Waals surface area contributed by atoms with Crippen LogP contribution < -0.4 is 10.6 Å². The molecule has 3 aromatic rings. The van der Waals surface area contributed by atoms with Crippen LogP contribution in [0.2, 0.25) is 10.0 Å². The Labute approximate surface area is 157 Å². The van der Waals surface area contributed by atoms with E-state index in [1.165, 1.54) is 18.5 Å². The number of nitrogens with zero attached hydrogens (tertiary/aromatic N) is 1. The van der Waals surface area contributed by atoms with Crippen LogP contribution in [0.15, 0.2) is 54.9 Å². The van der Waals surface area contributed by atoms with Gasteiger partial charge in [-0.3, -0.25) is 9.78 Å². The van der Waals surface area contributed by atoms with Crippen molar-refractivity contribution in [2.24, 2.45) is 0 Å². The van der Waals surface area contributed by atoms with E-state index in [9.17, 15) is 13.6 Å². The zero-order valence-electron chi connectivity index (χ0n) is 13.1. The highest BCUT2D eigenvalue weighted by molar-refractivity contribution is 6.36. The Bertz CT molecular complexity index is 982. The van der Waals surface area contributed by atoms with Crippen molar-refractivity contribution in [3.8, 4) is 0 Å². The van der Waals surface area contributed by atoms with Crippen LogP contribution in [0, 0.1) is 11.6 Å². The number of hydrogen-bond donors (Lipinski definition) is 2. The number of rotatable bonds is 4. The van der Waals surface area contributed by atoms with E-state index in [4.69, 9.17) is 23.2 Å². The monoisotopic (exact) mass is 393 g/mol. The molecular formula is C18H11Cl2F2N3O. The molecule has 0 saturated heterocycles. The van der Waals surface area contributed by atoms with Crippen LogP contribution in [0.4, 0.5) is 25.8 Å². The number of carbonyl (C=O) groups is 1. The highest BCUT2D eigenvalue weighted by atomic mass is 35.5. The summed E-state index contributed by atoms with van der Waals surface area (Å²) in [6.45, 7) is 0. The Hall–Kier alpha value is -2.70. The highest BCUT2D eigenvalue weighted by Gasteiger charge is 2.12. The van der Waals surface area contributed by atoms with E-state index in [1.807, 2.05) is 0 Å². The van der Waals surface area contributed by atoms with E-state index in [2.05, 4.69) is 15.6 Å². The van der Waals surface area contributed by atoms with Gasteiger partial charge in [-0.2, -0.15) is 0 Å². The second-order valence-corrected chi connectivity index (χ2v) is 6.13. The predicted octanol–water partition coefficient (Wildman–Crippen LogP) is 5.66. The fraction of sp³-hybridized carbons (Fsp3) is 0.